The van der Waals surface area contributed by atoms with E-state index in [0.29, 0.717) is 35.3 Å². The monoisotopic (exact) mass is 362 g/mol. The standard InChI is InChI=1S/C18H19ClN2O4/c1-20(11-14-4-3-7-25-14)18(23)12-8-17(22)21(10-12)15-9-13(19)5-6-16(15)24-2/h3-7,9,12H,8,10-11H2,1-2H3/t12-/m0/s1. The third-order valence-electron chi connectivity index (χ3n) is 4.26. The summed E-state index contributed by atoms with van der Waals surface area (Å²) in [6.45, 7) is 0.674. The fraction of sp³-hybridized carbons (Fsp3) is 0.333. The average Bonchev–Trinajstić information content (AvgIpc) is 3.23. The van der Waals surface area contributed by atoms with Gasteiger partial charge in [0.05, 0.1) is 31.5 Å². The van der Waals surface area contributed by atoms with Gasteiger partial charge >= 0.3 is 0 Å². The van der Waals surface area contributed by atoms with Gasteiger partial charge in [-0.15, -0.1) is 0 Å². The van der Waals surface area contributed by atoms with Crippen molar-refractivity contribution < 1.29 is 18.7 Å². The molecule has 0 bridgehead atoms. The molecule has 0 aliphatic carbocycles. The number of methoxy groups -OCH3 is 1. The predicted molar refractivity (Wildman–Crippen MR) is 93.6 cm³/mol. The second kappa shape index (κ2) is 7.19. The van der Waals surface area contributed by atoms with E-state index in [4.69, 9.17) is 20.8 Å². The number of halogens is 1. The Bertz CT molecular complexity index is 775. The predicted octanol–water partition coefficient (Wildman–Crippen LogP) is 2.95. The lowest BCUT2D eigenvalue weighted by Gasteiger charge is -2.22. The van der Waals surface area contributed by atoms with Crippen LogP contribution < -0.4 is 9.64 Å². The van der Waals surface area contributed by atoms with Crippen LogP contribution in [0.3, 0.4) is 0 Å². The van der Waals surface area contributed by atoms with Gasteiger partial charge in [0.25, 0.3) is 0 Å². The van der Waals surface area contributed by atoms with Gasteiger partial charge in [-0.05, 0) is 30.3 Å². The van der Waals surface area contributed by atoms with E-state index in [2.05, 4.69) is 0 Å². The Balaban J connectivity index is 1.74. The first-order chi connectivity index (χ1) is 12.0. The molecule has 6 nitrogen and oxygen atoms in total. The Hall–Kier alpha value is -2.47. The molecule has 1 aliphatic heterocycles. The second-order valence-electron chi connectivity index (χ2n) is 6.00. The average molecular weight is 363 g/mol. The van der Waals surface area contributed by atoms with Crippen LogP contribution in [0.5, 0.6) is 5.75 Å². The normalized spacial score (nSPS) is 17.0. The lowest BCUT2D eigenvalue weighted by molar-refractivity contribution is -0.135. The number of rotatable bonds is 5. The van der Waals surface area contributed by atoms with Gasteiger partial charge in [0, 0.05) is 25.0 Å². The molecular weight excluding hydrogens is 344 g/mol. The molecule has 2 heterocycles. The maximum Gasteiger partial charge on any atom is 0.228 e. The lowest BCUT2D eigenvalue weighted by Crippen LogP contribution is -2.34. The van der Waals surface area contributed by atoms with Crippen LogP contribution in [-0.2, 0) is 16.1 Å². The van der Waals surface area contributed by atoms with Crippen molar-refractivity contribution in [3.8, 4) is 5.75 Å². The smallest absolute Gasteiger partial charge is 0.228 e. The van der Waals surface area contributed by atoms with Crippen molar-refractivity contribution in [3.05, 3.63) is 47.4 Å². The molecule has 1 aliphatic rings. The Morgan fingerprint density at radius 1 is 1.44 bits per heavy atom. The zero-order valence-electron chi connectivity index (χ0n) is 14.1. The van der Waals surface area contributed by atoms with Gasteiger partial charge in [0.1, 0.15) is 11.5 Å². The number of carbonyl (C=O) groups excluding carboxylic acids is 2. The molecule has 25 heavy (non-hydrogen) atoms. The van der Waals surface area contributed by atoms with Gasteiger partial charge in [-0.2, -0.15) is 0 Å². The third kappa shape index (κ3) is 3.64. The molecule has 2 aromatic rings. The van der Waals surface area contributed by atoms with Crippen molar-refractivity contribution in [1.29, 1.82) is 0 Å². The SMILES string of the molecule is COc1ccc(Cl)cc1N1C[C@@H](C(=O)N(C)Cc2ccco2)CC1=O. The van der Waals surface area contributed by atoms with Crippen LogP contribution in [0.2, 0.25) is 5.02 Å². The van der Waals surface area contributed by atoms with Crippen molar-refractivity contribution >= 4 is 29.1 Å². The molecule has 7 heteroatoms. The summed E-state index contributed by atoms with van der Waals surface area (Å²) in [5, 5.41) is 0.508. The summed E-state index contributed by atoms with van der Waals surface area (Å²) in [5.41, 5.74) is 0.587. The highest BCUT2D eigenvalue weighted by atomic mass is 35.5. The molecule has 3 rings (SSSR count). The van der Waals surface area contributed by atoms with Gasteiger partial charge < -0.3 is 19.0 Å². The summed E-state index contributed by atoms with van der Waals surface area (Å²) in [7, 11) is 3.24. The zero-order chi connectivity index (χ0) is 18.0. The van der Waals surface area contributed by atoms with Crippen molar-refractivity contribution in [2.24, 2.45) is 5.92 Å². The Kier molecular flexibility index (Phi) is 4.99. The Labute approximate surface area is 150 Å². The number of carbonyl (C=O) groups is 2. The summed E-state index contributed by atoms with van der Waals surface area (Å²) >= 11 is 6.05. The molecule has 2 amide bonds. The van der Waals surface area contributed by atoms with Crippen LogP contribution in [0.1, 0.15) is 12.2 Å². The first-order valence-electron chi connectivity index (χ1n) is 7.91. The summed E-state index contributed by atoms with van der Waals surface area (Å²) in [6.07, 6.45) is 1.73. The molecule has 1 saturated heterocycles. The van der Waals surface area contributed by atoms with Gasteiger partial charge in [-0.1, -0.05) is 11.6 Å². The number of amides is 2. The van der Waals surface area contributed by atoms with Crippen LogP contribution in [0.15, 0.2) is 41.0 Å². The highest BCUT2D eigenvalue weighted by Crippen LogP contribution is 2.35. The topological polar surface area (TPSA) is 63.0 Å². The number of anilines is 1. The minimum atomic E-state index is -0.406. The Morgan fingerprint density at radius 2 is 2.24 bits per heavy atom. The van der Waals surface area contributed by atoms with Crippen LogP contribution in [0.25, 0.3) is 0 Å². The summed E-state index contributed by atoms with van der Waals surface area (Å²) in [6, 6.07) is 8.68. The summed E-state index contributed by atoms with van der Waals surface area (Å²) < 4.78 is 10.6. The molecule has 1 atom stereocenters. The van der Waals surface area contributed by atoms with E-state index < -0.39 is 5.92 Å². The lowest BCUT2D eigenvalue weighted by atomic mass is 10.1. The molecule has 132 valence electrons. The molecule has 0 saturated carbocycles. The fourth-order valence-corrected chi connectivity index (χ4v) is 3.17. The molecular formula is C18H19ClN2O4. The number of furan rings is 1. The van der Waals surface area contributed by atoms with Crippen LogP contribution in [0.4, 0.5) is 5.69 Å². The van der Waals surface area contributed by atoms with E-state index in [1.807, 2.05) is 6.07 Å². The van der Waals surface area contributed by atoms with E-state index in [1.54, 1.807) is 47.4 Å². The van der Waals surface area contributed by atoms with Crippen LogP contribution >= 0.6 is 11.6 Å². The highest BCUT2D eigenvalue weighted by Gasteiger charge is 2.37. The molecule has 1 aromatic heterocycles. The van der Waals surface area contributed by atoms with E-state index in [9.17, 15) is 9.59 Å². The first kappa shape index (κ1) is 17.4. The van der Waals surface area contributed by atoms with Crippen molar-refractivity contribution in [3.63, 3.8) is 0 Å². The molecule has 0 spiro atoms. The minimum absolute atomic E-state index is 0.0896. The quantitative estimate of drug-likeness (QED) is 0.820. The first-order valence-corrected chi connectivity index (χ1v) is 8.28. The number of nitrogens with zero attached hydrogens (tertiary/aromatic N) is 2. The minimum Gasteiger partial charge on any atom is -0.495 e. The maximum atomic E-state index is 12.7. The summed E-state index contributed by atoms with van der Waals surface area (Å²) in [5.74, 6) is 0.637. The molecule has 0 radical (unpaired) electrons. The molecule has 0 unspecified atom stereocenters. The van der Waals surface area contributed by atoms with E-state index in [0.717, 1.165) is 0 Å². The van der Waals surface area contributed by atoms with Gasteiger partial charge in [-0.3, -0.25) is 9.59 Å². The summed E-state index contributed by atoms with van der Waals surface area (Å²) in [4.78, 5) is 28.3. The third-order valence-corrected chi connectivity index (χ3v) is 4.49. The van der Waals surface area contributed by atoms with E-state index >= 15 is 0 Å². The second-order valence-corrected chi connectivity index (χ2v) is 6.43. The molecule has 1 aromatic carbocycles. The van der Waals surface area contributed by atoms with Crippen molar-refractivity contribution in [2.45, 2.75) is 13.0 Å². The number of ether oxygens (including phenoxy) is 1. The number of hydrogen-bond donors (Lipinski definition) is 0. The highest BCUT2D eigenvalue weighted by molar-refractivity contribution is 6.31. The molecule has 0 N–H and O–H groups in total. The van der Waals surface area contributed by atoms with Gasteiger partial charge in [-0.25, -0.2) is 0 Å². The van der Waals surface area contributed by atoms with Crippen molar-refractivity contribution in [2.75, 3.05) is 25.6 Å². The van der Waals surface area contributed by atoms with Gasteiger partial charge in [0.2, 0.25) is 11.8 Å². The fourth-order valence-electron chi connectivity index (χ4n) is 3.01. The number of hydrogen-bond acceptors (Lipinski definition) is 4. The number of benzene rings is 1. The van der Waals surface area contributed by atoms with Gasteiger partial charge in [0.15, 0.2) is 0 Å². The maximum absolute atomic E-state index is 12.7. The van der Waals surface area contributed by atoms with E-state index in [-0.39, 0.29) is 18.2 Å². The largest absolute Gasteiger partial charge is 0.495 e. The van der Waals surface area contributed by atoms with Crippen LogP contribution in [0, 0.1) is 5.92 Å². The van der Waals surface area contributed by atoms with Crippen LogP contribution in [-0.4, -0.2) is 37.4 Å². The zero-order valence-corrected chi connectivity index (χ0v) is 14.8. The van der Waals surface area contributed by atoms with E-state index in [1.165, 1.54) is 7.11 Å². The Morgan fingerprint density at radius 3 is 2.92 bits per heavy atom. The molecule has 1 fully saturated rings. The van der Waals surface area contributed by atoms with Crippen molar-refractivity contribution in [1.82, 2.24) is 4.90 Å².